The van der Waals surface area contributed by atoms with Gasteiger partial charge in [-0.25, -0.2) is 0 Å². The van der Waals surface area contributed by atoms with E-state index in [9.17, 15) is 0 Å². The van der Waals surface area contributed by atoms with Gasteiger partial charge in [-0.05, 0) is 48.6 Å². The van der Waals surface area contributed by atoms with E-state index < -0.39 is 0 Å². The molecule has 3 rings (SSSR count). The molecule has 1 aromatic carbocycles. The highest BCUT2D eigenvalue weighted by molar-refractivity contribution is 7.16. The fourth-order valence-corrected chi connectivity index (χ4v) is 3.49. The van der Waals surface area contributed by atoms with Crippen LogP contribution >= 0.6 is 22.9 Å². The normalized spacial score (nSPS) is 16.1. The Balaban J connectivity index is 1.68. The summed E-state index contributed by atoms with van der Waals surface area (Å²) >= 11 is 7.62. The molecule has 1 aliphatic carbocycles. The molecule has 0 bridgehead atoms. The largest absolute Gasteiger partial charge is 0.497 e. The first kappa shape index (κ1) is 13.9. The van der Waals surface area contributed by atoms with Gasteiger partial charge in [-0.1, -0.05) is 23.7 Å². The van der Waals surface area contributed by atoms with Gasteiger partial charge in [0.2, 0.25) is 0 Å². The number of hydrogen-bond acceptors (Lipinski definition) is 3. The van der Waals surface area contributed by atoms with Crippen molar-refractivity contribution >= 4 is 22.9 Å². The number of methoxy groups -OCH3 is 1. The second-order valence-corrected chi connectivity index (χ2v) is 6.97. The van der Waals surface area contributed by atoms with Crippen LogP contribution in [0.25, 0.3) is 0 Å². The summed E-state index contributed by atoms with van der Waals surface area (Å²) in [5.74, 6) is 1.67. The summed E-state index contributed by atoms with van der Waals surface area (Å²) in [7, 11) is 1.70. The molecule has 106 valence electrons. The van der Waals surface area contributed by atoms with Crippen LogP contribution in [0.15, 0.2) is 36.4 Å². The monoisotopic (exact) mass is 307 g/mol. The quantitative estimate of drug-likeness (QED) is 0.838. The summed E-state index contributed by atoms with van der Waals surface area (Å²) in [5.41, 5.74) is 1.34. The van der Waals surface area contributed by atoms with Gasteiger partial charge in [0.25, 0.3) is 0 Å². The number of halogens is 1. The highest BCUT2D eigenvalue weighted by Crippen LogP contribution is 2.41. The van der Waals surface area contributed by atoms with E-state index in [-0.39, 0.29) is 0 Å². The lowest BCUT2D eigenvalue weighted by Crippen LogP contribution is -2.22. The summed E-state index contributed by atoms with van der Waals surface area (Å²) < 4.78 is 6.08. The third-order valence-corrected chi connectivity index (χ3v) is 4.92. The van der Waals surface area contributed by atoms with E-state index in [1.165, 1.54) is 23.3 Å². The average molecular weight is 308 g/mol. The first-order chi connectivity index (χ1) is 9.76. The van der Waals surface area contributed by atoms with Crippen molar-refractivity contribution in [2.24, 2.45) is 5.92 Å². The van der Waals surface area contributed by atoms with Crippen LogP contribution < -0.4 is 10.1 Å². The molecule has 2 nitrogen and oxygen atoms in total. The highest BCUT2D eigenvalue weighted by Gasteiger charge is 2.31. The summed E-state index contributed by atoms with van der Waals surface area (Å²) in [5, 5.41) is 3.68. The van der Waals surface area contributed by atoms with Crippen molar-refractivity contribution in [2.45, 2.75) is 25.4 Å². The minimum Gasteiger partial charge on any atom is -0.497 e. The van der Waals surface area contributed by atoms with Gasteiger partial charge in [0, 0.05) is 17.5 Å². The Kier molecular flexibility index (Phi) is 4.29. The van der Waals surface area contributed by atoms with Crippen LogP contribution in [0.1, 0.15) is 29.3 Å². The molecular formula is C16H18ClNOS. The number of thiophene rings is 1. The summed E-state index contributed by atoms with van der Waals surface area (Å²) in [6.45, 7) is 0.880. The number of rotatable bonds is 6. The molecule has 0 saturated heterocycles. The lowest BCUT2D eigenvalue weighted by molar-refractivity contribution is 0.413. The molecule has 0 radical (unpaired) electrons. The zero-order valence-electron chi connectivity index (χ0n) is 11.4. The van der Waals surface area contributed by atoms with E-state index in [1.807, 2.05) is 18.2 Å². The van der Waals surface area contributed by atoms with E-state index in [2.05, 4.69) is 23.5 Å². The van der Waals surface area contributed by atoms with E-state index in [0.29, 0.717) is 6.04 Å². The molecule has 0 spiro atoms. The molecule has 1 aliphatic rings. The molecule has 1 unspecified atom stereocenters. The molecular weight excluding hydrogens is 290 g/mol. The minimum absolute atomic E-state index is 0.432. The van der Waals surface area contributed by atoms with Gasteiger partial charge in [-0.3, -0.25) is 0 Å². The predicted octanol–water partition coefficient (Wildman–Crippen LogP) is 4.65. The maximum atomic E-state index is 5.98. The molecule has 1 N–H and O–H groups in total. The molecule has 2 aromatic rings. The predicted molar refractivity (Wildman–Crippen MR) is 84.6 cm³/mol. The summed E-state index contributed by atoms with van der Waals surface area (Å²) in [6, 6.07) is 12.9. The third-order valence-electron chi connectivity index (χ3n) is 3.69. The molecule has 20 heavy (non-hydrogen) atoms. The van der Waals surface area contributed by atoms with Gasteiger partial charge in [-0.15, -0.1) is 11.3 Å². The van der Waals surface area contributed by atoms with Crippen LogP contribution in [-0.4, -0.2) is 7.11 Å². The third kappa shape index (κ3) is 3.35. The van der Waals surface area contributed by atoms with Crippen molar-refractivity contribution in [2.75, 3.05) is 7.11 Å². The molecule has 1 saturated carbocycles. The Morgan fingerprint density at radius 2 is 2.00 bits per heavy atom. The van der Waals surface area contributed by atoms with Gasteiger partial charge in [0.15, 0.2) is 0 Å². The maximum absolute atomic E-state index is 5.98. The van der Waals surface area contributed by atoms with E-state index in [4.69, 9.17) is 16.3 Å². The van der Waals surface area contributed by atoms with Crippen LogP contribution in [0.2, 0.25) is 4.34 Å². The Morgan fingerprint density at radius 1 is 1.25 bits per heavy atom. The van der Waals surface area contributed by atoms with Gasteiger partial charge in [0.1, 0.15) is 5.75 Å². The molecule has 1 heterocycles. The number of nitrogens with one attached hydrogen (secondary N) is 1. The molecule has 1 fully saturated rings. The topological polar surface area (TPSA) is 21.3 Å². The number of ether oxygens (including phenoxy) is 1. The van der Waals surface area contributed by atoms with Crippen LogP contribution in [0.3, 0.4) is 0 Å². The molecule has 4 heteroatoms. The summed E-state index contributed by atoms with van der Waals surface area (Å²) in [6.07, 6.45) is 2.63. The fraction of sp³-hybridized carbons (Fsp3) is 0.375. The highest BCUT2D eigenvalue weighted by atomic mass is 35.5. The van der Waals surface area contributed by atoms with Gasteiger partial charge in [-0.2, -0.15) is 0 Å². The van der Waals surface area contributed by atoms with Crippen LogP contribution in [-0.2, 0) is 6.54 Å². The lowest BCUT2D eigenvalue weighted by atomic mass is 10.0. The van der Waals surface area contributed by atoms with E-state index in [0.717, 1.165) is 22.5 Å². The molecule has 1 atom stereocenters. The van der Waals surface area contributed by atoms with Gasteiger partial charge < -0.3 is 10.1 Å². The van der Waals surface area contributed by atoms with Crippen molar-refractivity contribution < 1.29 is 4.74 Å². The SMILES string of the molecule is COc1ccc(C(NCc2ccc(Cl)s2)C2CC2)cc1. The Morgan fingerprint density at radius 3 is 2.55 bits per heavy atom. The van der Waals surface area contributed by atoms with Crippen molar-refractivity contribution in [1.29, 1.82) is 0 Å². The van der Waals surface area contributed by atoms with Gasteiger partial charge >= 0.3 is 0 Å². The maximum Gasteiger partial charge on any atom is 0.118 e. The van der Waals surface area contributed by atoms with E-state index >= 15 is 0 Å². The van der Waals surface area contributed by atoms with Crippen LogP contribution in [0, 0.1) is 5.92 Å². The fourth-order valence-electron chi connectivity index (χ4n) is 2.45. The Hall–Kier alpha value is -1.03. The molecule has 0 amide bonds. The zero-order valence-corrected chi connectivity index (χ0v) is 13.0. The average Bonchev–Trinajstić information content (AvgIpc) is 3.22. The van der Waals surface area contributed by atoms with Crippen molar-refractivity contribution in [1.82, 2.24) is 5.32 Å². The summed E-state index contributed by atoms with van der Waals surface area (Å²) in [4.78, 5) is 1.29. The smallest absolute Gasteiger partial charge is 0.118 e. The van der Waals surface area contributed by atoms with E-state index in [1.54, 1.807) is 18.4 Å². The standard InChI is InChI=1S/C16H18ClNOS/c1-19-13-6-4-12(5-7-13)16(11-2-3-11)18-10-14-8-9-15(17)20-14/h4-9,11,16,18H,2-3,10H2,1H3. The number of benzene rings is 1. The van der Waals surface area contributed by atoms with Crippen LogP contribution in [0.5, 0.6) is 5.75 Å². The second-order valence-electron chi connectivity index (χ2n) is 5.17. The number of hydrogen-bond donors (Lipinski definition) is 1. The zero-order chi connectivity index (χ0) is 13.9. The minimum atomic E-state index is 0.432. The Labute approximate surface area is 128 Å². The van der Waals surface area contributed by atoms with Crippen molar-refractivity contribution in [3.63, 3.8) is 0 Å². The Bertz CT molecular complexity index is 562. The second kappa shape index (κ2) is 6.17. The first-order valence-corrected chi connectivity index (χ1v) is 8.07. The first-order valence-electron chi connectivity index (χ1n) is 6.88. The van der Waals surface area contributed by atoms with Crippen LogP contribution in [0.4, 0.5) is 0 Å². The molecule has 1 aromatic heterocycles. The molecule has 0 aliphatic heterocycles. The lowest BCUT2D eigenvalue weighted by Gasteiger charge is -2.18. The van der Waals surface area contributed by atoms with Gasteiger partial charge in [0.05, 0.1) is 11.4 Å². The van der Waals surface area contributed by atoms with Crippen molar-refractivity contribution in [3.05, 3.63) is 51.2 Å². The van der Waals surface area contributed by atoms with Crippen molar-refractivity contribution in [3.8, 4) is 5.75 Å².